The maximum atomic E-state index is 5.70. The summed E-state index contributed by atoms with van der Waals surface area (Å²) in [5, 5.41) is 0. The van der Waals surface area contributed by atoms with Crippen molar-refractivity contribution in [3.8, 4) is 17.0 Å². The summed E-state index contributed by atoms with van der Waals surface area (Å²) < 4.78 is 5.37. The molecule has 0 radical (unpaired) electrons. The van der Waals surface area contributed by atoms with Gasteiger partial charge in [0.2, 0.25) is 5.95 Å². The Labute approximate surface area is 125 Å². The molecule has 108 valence electrons. The lowest BCUT2D eigenvalue weighted by molar-refractivity contribution is 0.416. The van der Waals surface area contributed by atoms with Crippen molar-refractivity contribution in [2.75, 3.05) is 26.1 Å². The minimum Gasteiger partial charge on any atom is -0.496 e. The summed E-state index contributed by atoms with van der Waals surface area (Å²) >= 11 is 0. The third-order valence-corrected chi connectivity index (χ3v) is 2.76. The van der Waals surface area contributed by atoms with Crippen LogP contribution < -0.4 is 15.4 Å². The SMILES string of the molecule is COc1ccccc1-c1cc(CN)nc(N(C)C)n1.Cl. The highest BCUT2D eigenvalue weighted by atomic mass is 35.5. The van der Waals surface area contributed by atoms with Crippen molar-refractivity contribution in [2.24, 2.45) is 5.73 Å². The number of halogens is 1. The molecule has 5 nitrogen and oxygen atoms in total. The van der Waals surface area contributed by atoms with Gasteiger partial charge in [-0.1, -0.05) is 12.1 Å². The first-order chi connectivity index (χ1) is 9.15. The highest BCUT2D eigenvalue weighted by Crippen LogP contribution is 2.29. The van der Waals surface area contributed by atoms with Crippen molar-refractivity contribution in [3.05, 3.63) is 36.0 Å². The molecule has 2 N–H and O–H groups in total. The van der Waals surface area contributed by atoms with E-state index in [1.165, 1.54) is 0 Å². The van der Waals surface area contributed by atoms with Crippen LogP contribution in [0.3, 0.4) is 0 Å². The molecule has 1 aromatic carbocycles. The predicted molar refractivity (Wildman–Crippen MR) is 83.5 cm³/mol. The summed E-state index contributed by atoms with van der Waals surface area (Å²) in [5.74, 6) is 1.43. The summed E-state index contributed by atoms with van der Waals surface area (Å²) in [6, 6.07) is 9.66. The minimum absolute atomic E-state index is 0. The fourth-order valence-electron chi connectivity index (χ4n) is 1.78. The van der Waals surface area contributed by atoms with Gasteiger partial charge >= 0.3 is 0 Å². The second-order valence-electron chi connectivity index (χ2n) is 4.34. The first-order valence-corrected chi connectivity index (χ1v) is 6.04. The average molecular weight is 295 g/mol. The summed E-state index contributed by atoms with van der Waals surface area (Å²) in [6.07, 6.45) is 0. The maximum Gasteiger partial charge on any atom is 0.225 e. The van der Waals surface area contributed by atoms with E-state index in [0.29, 0.717) is 12.5 Å². The highest BCUT2D eigenvalue weighted by Gasteiger charge is 2.11. The first-order valence-electron chi connectivity index (χ1n) is 6.04. The molecule has 0 aliphatic rings. The van der Waals surface area contributed by atoms with Crippen LogP contribution in [-0.2, 0) is 6.54 Å². The van der Waals surface area contributed by atoms with Gasteiger partial charge in [-0.15, -0.1) is 12.4 Å². The summed E-state index contributed by atoms with van der Waals surface area (Å²) in [6.45, 7) is 0.380. The standard InChI is InChI=1S/C14H18N4O.ClH/c1-18(2)14-16-10(9-15)8-12(17-14)11-6-4-5-7-13(11)19-3;/h4-8H,9,15H2,1-3H3;1H. The Morgan fingerprint density at radius 2 is 1.90 bits per heavy atom. The van der Waals surface area contributed by atoms with E-state index in [4.69, 9.17) is 10.5 Å². The van der Waals surface area contributed by atoms with Gasteiger partial charge in [0.05, 0.1) is 18.5 Å². The van der Waals surface area contributed by atoms with Crippen LogP contribution in [0.25, 0.3) is 11.3 Å². The number of rotatable bonds is 4. The average Bonchev–Trinajstić information content (AvgIpc) is 2.46. The molecular weight excluding hydrogens is 276 g/mol. The lowest BCUT2D eigenvalue weighted by atomic mass is 10.1. The molecule has 0 saturated carbocycles. The van der Waals surface area contributed by atoms with Crippen LogP contribution in [0.1, 0.15) is 5.69 Å². The van der Waals surface area contributed by atoms with Crippen LogP contribution in [0.5, 0.6) is 5.75 Å². The van der Waals surface area contributed by atoms with Crippen LogP contribution in [0, 0.1) is 0 Å². The number of para-hydroxylation sites is 1. The normalized spacial score (nSPS) is 9.80. The second-order valence-corrected chi connectivity index (χ2v) is 4.34. The van der Waals surface area contributed by atoms with Crippen molar-refractivity contribution in [1.29, 1.82) is 0 Å². The highest BCUT2D eigenvalue weighted by molar-refractivity contribution is 5.85. The van der Waals surface area contributed by atoms with E-state index in [-0.39, 0.29) is 12.4 Å². The zero-order valence-electron chi connectivity index (χ0n) is 11.8. The molecule has 0 unspecified atom stereocenters. The van der Waals surface area contributed by atoms with Crippen LogP contribution >= 0.6 is 12.4 Å². The molecule has 2 rings (SSSR count). The second kappa shape index (κ2) is 7.07. The molecule has 0 fully saturated rings. The van der Waals surface area contributed by atoms with E-state index < -0.39 is 0 Å². The molecular formula is C14H19ClN4O. The van der Waals surface area contributed by atoms with Crippen LogP contribution in [-0.4, -0.2) is 31.2 Å². The number of anilines is 1. The van der Waals surface area contributed by atoms with Gasteiger partial charge in [-0.05, 0) is 18.2 Å². The number of hydrogen-bond donors (Lipinski definition) is 1. The zero-order chi connectivity index (χ0) is 13.8. The molecule has 0 spiro atoms. The Balaban J connectivity index is 0.00000200. The van der Waals surface area contributed by atoms with Crippen molar-refractivity contribution < 1.29 is 4.74 Å². The number of benzene rings is 1. The smallest absolute Gasteiger partial charge is 0.225 e. The van der Waals surface area contributed by atoms with Gasteiger partial charge in [-0.3, -0.25) is 0 Å². The monoisotopic (exact) mass is 294 g/mol. The lowest BCUT2D eigenvalue weighted by Gasteiger charge is -2.14. The Morgan fingerprint density at radius 3 is 2.50 bits per heavy atom. The fourth-order valence-corrected chi connectivity index (χ4v) is 1.78. The van der Waals surface area contributed by atoms with Crippen molar-refractivity contribution in [3.63, 3.8) is 0 Å². The number of methoxy groups -OCH3 is 1. The van der Waals surface area contributed by atoms with Gasteiger partial charge in [0, 0.05) is 26.2 Å². The Kier molecular flexibility index (Phi) is 5.73. The van der Waals surface area contributed by atoms with Crippen molar-refractivity contribution in [2.45, 2.75) is 6.54 Å². The maximum absolute atomic E-state index is 5.70. The van der Waals surface area contributed by atoms with E-state index in [2.05, 4.69) is 9.97 Å². The van der Waals surface area contributed by atoms with E-state index >= 15 is 0 Å². The Bertz CT molecular complexity index is 575. The number of hydrogen-bond acceptors (Lipinski definition) is 5. The van der Waals surface area contributed by atoms with Gasteiger partial charge in [-0.2, -0.15) is 0 Å². The molecule has 0 saturated heterocycles. The van der Waals surface area contributed by atoms with Crippen LogP contribution in [0.4, 0.5) is 5.95 Å². The molecule has 0 aliphatic carbocycles. The van der Waals surface area contributed by atoms with Crippen LogP contribution in [0.2, 0.25) is 0 Å². The van der Waals surface area contributed by atoms with Crippen molar-refractivity contribution in [1.82, 2.24) is 9.97 Å². The Hall–Kier alpha value is -1.85. The molecule has 1 heterocycles. The van der Waals surface area contributed by atoms with E-state index in [1.54, 1.807) is 7.11 Å². The fraction of sp³-hybridized carbons (Fsp3) is 0.286. The van der Waals surface area contributed by atoms with Gasteiger partial charge < -0.3 is 15.4 Å². The molecule has 1 aromatic heterocycles. The molecule has 6 heteroatoms. The van der Waals surface area contributed by atoms with Crippen molar-refractivity contribution >= 4 is 18.4 Å². The van der Waals surface area contributed by atoms with Crippen LogP contribution in [0.15, 0.2) is 30.3 Å². The van der Waals surface area contributed by atoms with Gasteiger partial charge in [-0.25, -0.2) is 9.97 Å². The lowest BCUT2D eigenvalue weighted by Crippen LogP contribution is -2.15. The van der Waals surface area contributed by atoms with Gasteiger partial charge in [0.1, 0.15) is 5.75 Å². The number of nitrogens with zero attached hydrogens (tertiary/aromatic N) is 3. The topological polar surface area (TPSA) is 64.3 Å². The molecule has 0 bridgehead atoms. The summed E-state index contributed by atoms with van der Waals surface area (Å²) in [5.41, 5.74) is 8.25. The number of nitrogens with two attached hydrogens (primary N) is 1. The molecule has 0 aliphatic heterocycles. The molecule has 20 heavy (non-hydrogen) atoms. The van der Waals surface area contributed by atoms with Gasteiger partial charge in [0.15, 0.2) is 0 Å². The summed E-state index contributed by atoms with van der Waals surface area (Å²) in [4.78, 5) is 10.8. The van der Waals surface area contributed by atoms with Gasteiger partial charge in [0.25, 0.3) is 0 Å². The third kappa shape index (κ3) is 3.37. The number of aromatic nitrogens is 2. The Morgan fingerprint density at radius 1 is 1.20 bits per heavy atom. The van der Waals surface area contributed by atoms with E-state index in [1.807, 2.05) is 49.3 Å². The zero-order valence-corrected chi connectivity index (χ0v) is 12.6. The van der Waals surface area contributed by atoms with E-state index in [9.17, 15) is 0 Å². The number of ether oxygens (including phenoxy) is 1. The first kappa shape index (κ1) is 16.2. The molecule has 0 amide bonds. The summed E-state index contributed by atoms with van der Waals surface area (Å²) in [7, 11) is 5.46. The van der Waals surface area contributed by atoms with E-state index in [0.717, 1.165) is 22.7 Å². The largest absolute Gasteiger partial charge is 0.496 e. The minimum atomic E-state index is 0. The predicted octanol–water partition coefficient (Wildman–Crippen LogP) is 2.10. The molecule has 2 aromatic rings. The molecule has 0 atom stereocenters. The quantitative estimate of drug-likeness (QED) is 0.935. The third-order valence-electron chi connectivity index (χ3n) is 2.76.